The molecule has 0 spiro atoms. The predicted molar refractivity (Wildman–Crippen MR) is 118 cm³/mol. The van der Waals surface area contributed by atoms with Crippen LogP contribution in [0.15, 0.2) is 57.2 Å². The van der Waals surface area contributed by atoms with Gasteiger partial charge in [-0.3, -0.25) is 9.59 Å². The van der Waals surface area contributed by atoms with E-state index in [-0.39, 0.29) is 24.2 Å². The molecule has 2 heterocycles. The van der Waals surface area contributed by atoms with Crippen LogP contribution in [0.2, 0.25) is 0 Å². The fourth-order valence-corrected chi connectivity index (χ4v) is 5.58. The zero-order valence-electron chi connectivity index (χ0n) is 16.2. The molecule has 0 bridgehead atoms. The fourth-order valence-electron chi connectivity index (χ4n) is 4.05. The Morgan fingerprint density at radius 2 is 2.03 bits per heavy atom. The number of amides is 2. The number of para-hydroxylation sites is 1. The molecule has 1 aliphatic carbocycles. The Balaban J connectivity index is 1.29. The first-order valence-electron chi connectivity index (χ1n) is 9.93. The molecule has 1 fully saturated rings. The lowest BCUT2D eigenvalue weighted by Gasteiger charge is -2.18. The molecule has 0 saturated carbocycles. The molecule has 6 nitrogen and oxygen atoms in total. The van der Waals surface area contributed by atoms with Gasteiger partial charge in [0, 0.05) is 23.5 Å². The van der Waals surface area contributed by atoms with Crippen molar-refractivity contribution in [3.8, 4) is 0 Å². The van der Waals surface area contributed by atoms with E-state index in [2.05, 4.69) is 27.6 Å². The van der Waals surface area contributed by atoms with Gasteiger partial charge in [-0.25, -0.2) is 0 Å². The number of anilines is 2. The number of aryl methyl sites for hydroxylation is 2. The molecule has 1 aliphatic heterocycles. The van der Waals surface area contributed by atoms with Crippen LogP contribution in [0, 0.1) is 5.92 Å². The third kappa shape index (κ3) is 3.85. The van der Waals surface area contributed by atoms with Crippen molar-refractivity contribution in [2.24, 2.45) is 5.92 Å². The number of carbonyl (C=O) groups excluding carboxylic acids is 2. The van der Waals surface area contributed by atoms with Gasteiger partial charge in [0.05, 0.1) is 11.6 Å². The van der Waals surface area contributed by atoms with Crippen LogP contribution in [0.5, 0.6) is 0 Å². The van der Waals surface area contributed by atoms with E-state index in [0.29, 0.717) is 6.54 Å². The van der Waals surface area contributed by atoms with Crippen LogP contribution in [-0.2, 0) is 22.4 Å². The number of aromatic nitrogens is 2. The molecular formula is C22H20N4O2S2. The van der Waals surface area contributed by atoms with Crippen LogP contribution < -0.4 is 10.2 Å². The number of benzene rings is 2. The first kappa shape index (κ1) is 19.3. The highest BCUT2D eigenvalue weighted by molar-refractivity contribution is 8.01. The van der Waals surface area contributed by atoms with E-state index >= 15 is 0 Å². The highest BCUT2D eigenvalue weighted by Crippen LogP contribution is 2.35. The van der Waals surface area contributed by atoms with E-state index in [1.807, 2.05) is 30.3 Å². The smallest absolute Gasteiger partial charge is 0.229 e. The molecule has 2 aromatic carbocycles. The molecule has 8 heteroatoms. The third-order valence-electron chi connectivity index (χ3n) is 5.57. The molecule has 0 radical (unpaired) electrons. The number of hydrogen-bond acceptors (Lipinski definition) is 6. The molecule has 1 N–H and O–H groups in total. The number of hydrogen-bond donors (Lipinski definition) is 1. The van der Waals surface area contributed by atoms with Crippen LogP contribution in [0.1, 0.15) is 24.0 Å². The third-order valence-corrected chi connectivity index (χ3v) is 7.43. The number of nitrogens with one attached hydrogen (secondary N) is 1. The van der Waals surface area contributed by atoms with E-state index < -0.39 is 0 Å². The van der Waals surface area contributed by atoms with Gasteiger partial charge in [-0.15, -0.1) is 10.2 Å². The molecule has 1 saturated heterocycles. The van der Waals surface area contributed by atoms with Gasteiger partial charge in [-0.2, -0.15) is 0 Å². The van der Waals surface area contributed by atoms with Crippen molar-refractivity contribution in [2.75, 3.05) is 16.8 Å². The lowest BCUT2D eigenvalue weighted by molar-refractivity contribution is -0.122. The molecule has 1 unspecified atom stereocenters. The van der Waals surface area contributed by atoms with E-state index in [4.69, 9.17) is 0 Å². The fraction of sp³-hybridized carbons (Fsp3) is 0.273. The first-order chi connectivity index (χ1) is 14.7. The zero-order valence-corrected chi connectivity index (χ0v) is 17.8. The summed E-state index contributed by atoms with van der Waals surface area (Å²) in [7, 11) is 0. The minimum Gasteiger partial charge on any atom is -0.325 e. The number of fused-ring (bicyclic) bond motifs is 1. The highest BCUT2D eigenvalue weighted by atomic mass is 32.2. The summed E-state index contributed by atoms with van der Waals surface area (Å²) in [5.74, 6) is -0.493. The van der Waals surface area contributed by atoms with Crippen molar-refractivity contribution in [1.82, 2.24) is 10.2 Å². The van der Waals surface area contributed by atoms with Crippen LogP contribution in [0.3, 0.4) is 0 Å². The average molecular weight is 437 g/mol. The summed E-state index contributed by atoms with van der Waals surface area (Å²) in [4.78, 5) is 28.3. The Hall–Kier alpha value is -2.71. The quantitative estimate of drug-likeness (QED) is 0.650. The summed E-state index contributed by atoms with van der Waals surface area (Å²) in [6.07, 6.45) is 3.59. The monoisotopic (exact) mass is 436 g/mol. The zero-order chi connectivity index (χ0) is 20.5. The van der Waals surface area contributed by atoms with Gasteiger partial charge in [0.15, 0.2) is 4.34 Å². The topological polar surface area (TPSA) is 75.2 Å². The lowest BCUT2D eigenvalue weighted by atomic mass is 10.1. The molecule has 1 atom stereocenters. The summed E-state index contributed by atoms with van der Waals surface area (Å²) in [5, 5.41) is 10.9. The highest BCUT2D eigenvalue weighted by Gasteiger charge is 2.35. The van der Waals surface area contributed by atoms with E-state index in [9.17, 15) is 9.59 Å². The van der Waals surface area contributed by atoms with E-state index in [1.54, 1.807) is 10.4 Å². The summed E-state index contributed by atoms with van der Waals surface area (Å²) in [6.45, 7) is 0.412. The molecule has 5 rings (SSSR count). The first-order valence-corrected chi connectivity index (χ1v) is 11.6. The second-order valence-corrected chi connectivity index (χ2v) is 9.63. The Morgan fingerprint density at radius 3 is 2.90 bits per heavy atom. The minimum atomic E-state index is -0.370. The largest absolute Gasteiger partial charge is 0.325 e. The van der Waals surface area contributed by atoms with Crippen molar-refractivity contribution in [3.05, 3.63) is 59.1 Å². The van der Waals surface area contributed by atoms with Crippen molar-refractivity contribution in [2.45, 2.75) is 34.9 Å². The Bertz CT molecular complexity index is 1100. The summed E-state index contributed by atoms with van der Waals surface area (Å²) in [6, 6.07) is 13.9. The van der Waals surface area contributed by atoms with Gasteiger partial charge < -0.3 is 10.2 Å². The second-order valence-electron chi connectivity index (χ2n) is 7.50. The maximum absolute atomic E-state index is 13.0. The summed E-state index contributed by atoms with van der Waals surface area (Å²) in [5.41, 5.74) is 6.02. The van der Waals surface area contributed by atoms with Crippen LogP contribution >= 0.6 is 23.1 Å². The van der Waals surface area contributed by atoms with Crippen LogP contribution in [-0.4, -0.2) is 28.6 Å². The Morgan fingerprint density at radius 1 is 1.17 bits per heavy atom. The molecule has 3 aromatic rings. The SMILES string of the molecule is O=C(Nc1ccccc1Sc1nncs1)C1CC(=O)N(c2ccc3c(c2)CCC3)C1. The van der Waals surface area contributed by atoms with Gasteiger partial charge in [-0.1, -0.05) is 41.3 Å². The van der Waals surface area contributed by atoms with Crippen LogP contribution in [0.4, 0.5) is 11.4 Å². The minimum absolute atomic E-state index is 0.00428. The molecule has 2 amide bonds. The van der Waals surface area contributed by atoms with Crippen molar-refractivity contribution in [1.29, 1.82) is 0 Å². The van der Waals surface area contributed by atoms with Crippen molar-refractivity contribution in [3.63, 3.8) is 0 Å². The van der Waals surface area contributed by atoms with Crippen molar-refractivity contribution >= 4 is 46.3 Å². The number of carbonyl (C=O) groups is 2. The normalized spacial score (nSPS) is 17.9. The predicted octanol–water partition coefficient (Wildman–Crippen LogP) is 4.17. The molecule has 2 aliphatic rings. The molecule has 1 aromatic heterocycles. The van der Waals surface area contributed by atoms with E-state index in [1.165, 1.54) is 40.6 Å². The van der Waals surface area contributed by atoms with Gasteiger partial charge in [0.25, 0.3) is 0 Å². The maximum Gasteiger partial charge on any atom is 0.229 e. The summed E-state index contributed by atoms with van der Waals surface area (Å²) >= 11 is 2.92. The number of rotatable bonds is 5. The van der Waals surface area contributed by atoms with Gasteiger partial charge in [0.1, 0.15) is 5.51 Å². The van der Waals surface area contributed by atoms with Gasteiger partial charge in [-0.05, 0) is 54.7 Å². The number of nitrogens with zero attached hydrogens (tertiary/aromatic N) is 3. The lowest BCUT2D eigenvalue weighted by Crippen LogP contribution is -2.28. The Labute approximate surface area is 182 Å². The van der Waals surface area contributed by atoms with Gasteiger partial charge in [0.2, 0.25) is 11.8 Å². The Kier molecular flexibility index (Phi) is 5.26. The van der Waals surface area contributed by atoms with Crippen molar-refractivity contribution < 1.29 is 9.59 Å². The maximum atomic E-state index is 13.0. The van der Waals surface area contributed by atoms with Crippen LogP contribution in [0.25, 0.3) is 0 Å². The van der Waals surface area contributed by atoms with Gasteiger partial charge >= 0.3 is 0 Å². The standard InChI is InChI=1S/C22H20N4O2S2/c27-20-11-16(12-26(20)17-9-8-14-4-3-5-15(14)10-17)21(28)24-18-6-1-2-7-19(18)30-22-25-23-13-29-22/h1-2,6-10,13,16H,3-5,11-12H2,(H,24,28). The average Bonchev–Trinajstić information content (AvgIpc) is 3.49. The summed E-state index contributed by atoms with van der Waals surface area (Å²) < 4.78 is 0.815. The molecule has 152 valence electrons. The molecule has 30 heavy (non-hydrogen) atoms. The van der Waals surface area contributed by atoms with E-state index in [0.717, 1.165) is 33.5 Å². The molecular weight excluding hydrogens is 416 g/mol. The second kappa shape index (κ2) is 8.20.